The number of nitrogens with zero attached hydrogens (tertiary/aromatic N) is 1. The van der Waals surface area contributed by atoms with Crippen LogP contribution in [0.5, 0.6) is 11.5 Å². The molecule has 0 bridgehead atoms. The summed E-state index contributed by atoms with van der Waals surface area (Å²) in [6.07, 6.45) is 0. The van der Waals surface area contributed by atoms with E-state index in [1.807, 2.05) is 0 Å². The van der Waals surface area contributed by atoms with Crippen molar-refractivity contribution in [3.05, 3.63) is 62.1 Å². The van der Waals surface area contributed by atoms with Crippen molar-refractivity contribution in [3.63, 3.8) is 0 Å². The summed E-state index contributed by atoms with van der Waals surface area (Å²) >= 11 is 3.28. The van der Waals surface area contributed by atoms with Crippen LogP contribution in [0.4, 0.5) is 5.69 Å². The number of halogens is 1. The Morgan fingerprint density at radius 3 is 2.43 bits per heavy atom. The van der Waals surface area contributed by atoms with E-state index in [1.54, 1.807) is 24.3 Å². The van der Waals surface area contributed by atoms with Gasteiger partial charge in [0.1, 0.15) is 11.5 Å². The Bertz CT molecular complexity index is 712. The Labute approximate surface area is 128 Å². The summed E-state index contributed by atoms with van der Waals surface area (Å²) in [5.41, 5.74) is -0.214. The van der Waals surface area contributed by atoms with Crippen molar-refractivity contribution in [2.24, 2.45) is 0 Å². The maximum atomic E-state index is 11.1. The second kappa shape index (κ2) is 5.92. The van der Waals surface area contributed by atoms with Crippen LogP contribution in [0.2, 0.25) is 0 Å². The average molecular weight is 352 g/mol. The van der Waals surface area contributed by atoms with E-state index in [-0.39, 0.29) is 22.6 Å². The van der Waals surface area contributed by atoms with Crippen molar-refractivity contribution in [2.75, 3.05) is 0 Å². The molecule has 0 spiro atoms. The second-order valence-electron chi connectivity index (χ2n) is 4.24. The molecule has 2 rings (SSSR count). The Hall–Kier alpha value is -2.41. The summed E-state index contributed by atoms with van der Waals surface area (Å²) in [4.78, 5) is 21.4. The van der Waals surface area contributed by atoms with Gasteiger partial charge in [-0.05, 0) is 37.3 Å². The molecule has 0 aromatic heterocycles. The fourth-order valence-corrected chi connectivity index (χ4v) is 1.99. The number of hydrogen-bond donors (Lipinski definition) is 1. The summed E-state index contributed by atoms with van der Waals surface area (Å²) in [7, 11) is 0. The second-order valence-corrected chi connectivity index (χ2v) is 5.15. The van der Waals surface area contributed by atoms with Crippen LogP contribution < -0.4 is 4.74 Å². The number of benzene rings is 2. The quantitative estimate of drug-likeness (QED) is 0.659. The first kappa shape index (κ1) is 15.0. The van der Waals surface area contributed by atoms with E-state index in [1.165, 1.54) is 13.0 Å². The topological polar surface area (TPSA) is 89.7 Å². The molecule has 0 radical (unpaired) electrons. The van der Waals surface area contributed by atoms with Gasteiger partial charge >= 0.3 is 5.97 Å². The van der Waals surface area contributed by atoms with E-state index in [0.717, 1.165) is 10.5 Å². The minimum absolute atomic E-state index is 0.143. The van der Waals surface area contributed by atoms with Crippen LogP contribution in [0.15, 0.2) is 40.9 Å². The minimum atomic E-state index is -1.25. The zero-order valence-corrected chi connectivity index (χ0v) is 12.5. The number of ether oxygens (including phenoxy) is 1. The first-order valence-electron chi connectivity index (χ1n) is 5.84. The largest absolute Gasteiger partial charge is 0.478 e. The highest BCUT2D eigenvalue weighted by molar-refractivity contribution is 9.10. The SMILES string of the molecule is Cc1c(Oc2ccc(Br)cc2)cc(C(=O)O)cc1[N+](=O)[O-]. The number of aromatic carboxylic acids is 1. The molecule has 7 heteroatoms. The molecular weight excluding hydrogens is 342 g/mol. The molecule has 108 valence electrons. The van der Waals surface area contributed by atoms with Crippen LogP contribution in [0, 0.1) is 17.0 Å². The molecule has 0 saturated heterocycles. The lowest BCUT2D eigenvalue weighted by molar-refractivity contribution is -0.385. The molecule has 21 heavy (non-hydrogen) atoms. The molecule has 6 nitrogen and oxygen atoms in total. The van der Waals surface area contributed by atoms with Gasteiger partial charge in [-0.15, -0.1) is 0 Å². The lowest BCUT2D eigenvalue weighted by Gasteiger charge is -2.10. The van der Waals surface area contributed by atoms with E-state index in [0.29, 0.717) is 5.75 Å². The Morgan fingerprint density at radius 2 is 1.90 bits per heavy atom. The summed E-state index contributed by atoms with van der Waals surface area (Å²) in [5, 5.41) is 20.0. The van der Waals surface area contributed by atoms with Crippen LogP contribution in [-0.2, 0) is 0 Å². The molecule has 0 saturated carbocycles. The van der Waals surface area contributed by atoms with Crippen LogP contribution >= 0.6 is 15.9 Å². The van der Waals surface area contributed by atoms with Crippen LogP contribution in [0.1, 0.15) is 15.9 Å². The van der Waals surface area contributed by atoms with Gasteiger partial charge in [-0.25, -0.2) is 4.79 Å². The van der Waals surface area contributed by atoms with Crippen molar-refractivity contribution in [1.82, 2.24) is 0 Å². The van der Waals surface area contributed by atoms with E-state index in [4.69, 9.17) is 9.84 Å². The van der Waals surface area contributed by atoms with Crippen molar-refractivity contribution in [1.29, 1.82) is 0 Å². The zero-order valence-electron chi connectivity index (χ0n) is 10.9. The molecule has 0 aliphatic carbocycles. The van der Waals surface area contributed by atoms with Crippen molar-refractivity contribution in [3.8, 4) is 11.5 Å². The van der Waals surface area contributed by atoms with Gasteiger partial charge in [0.2, 0.25) is 0 Å². The van der Waals surface area contributed by atoms with Gasteiger partial charge < -0.3 is 9.84 Å². The van der Waals surface area contributed by atoms with E-state index >= 15 is 0 Å². The van der Waals surface area contributed by atoms with Gasteiger partial charge in [0.15, 0.2) is 0 Å². The summed E-state index contributed by atoms with van der Waals surface area (Å²) in [6, 6.07) is 9.13. The molecular formula is C14H10BrNO5. The number of carbonyl (C=O) groups is 1. The monoisotopic (exact) mass is 351 g/mol. The third-order valence-corrected chi connectivity index (χ3v) is 3.35. The number of carboxylic acids is 1. The lowest BCUT2D eigenvalue weighted by Crippen LogP contribution is -2.02. The van der Waals surface area contributed by atoms with Gasteiger partial charge in [0.05, 0.1) is 16.1 Å². The Balaban J connectivity index is 2.48. The first-order chi connectivity index (χ1) is 9.88. The van der Waals surface area contributed by atoms with E-state index in [2.05, 4.69) is 15.9 Å². The number of nitro benzene ring substituents is 1. The molecule has 0 amide bonds. The molecule has 0 unspecified atom stereocenters. The molecule has 0 heterocycles. The maximum absolute atomic E-state index is 11.1. The number of hydrogen-bond acceptors (Lipinski definition) is 4. The van der Waals surface area contributed by atoms with Gasteiger partial charge in [-0.3, -0.25) is 10.1 Å². The van der Waals surface area contributed by atoms with Crippen LogP contribution in [0.3, 0.4) is 0 Å². The summed E-state index contributed by atoms with van der Waals surface area (Å²) in [5.74, 6) is -0.652. The van der Waals surface area contributed by atoms with E-state index in [9.17, 15) is 14.9 Å². The fraction of sp³-hybridized carbons (Fsp3) is 0.0714. The normalized spacial score (nSPS) is 10.2. The zero-order chi connectivity index (χ0) is 15.6. The summed E-state index contributed by atoms with van der Waals surface area (Å²) in [6.45, 7) is 1.51. The Kier molecular flexibility index (Phi) is 4.23. The molecule has 0 fully saturated rings. The maximum Gasteiger partial charge on any atom is 0.336 e. The van der Waals surface area contributed by atoms with Crippen LogP contribution in [-0.4, -0.2) is 16.0 Å². The third-order valence-electron chi connectivity index (χ3n) is 2.82. The molecule has 2 aromatic rings. The first-order valence-corrected chi connectivity index (χ1v) is 6.63. The number of nitro groups is 1. The van der Waals surface area contributed by atoms with E-state index < -0.39 is 10.9 Å². The molecule has 0 aliphatic rings. The number of carboxylic acid groups (broad SMARTS) is 1. The number of rotatable bonds is 4. The fourth-order valence-electron chi connectivity index (χ4n) is 1.72. The third kappa shape index (κ3) is 3.38. The van der Waals surface area contributed by atoms with Gasteiger partial charge in [0, 0.05) is 10.5 Å². The summed E-state index contributed by atoms with van der Waals surface area (Å²) < 4.78 is 6.42. The lowest BCUT2D eigenvalue weighted by atomic mass is 10.1. The van der Waals surface area contributed by atoms with Crippen molar-refractivity contribution < 1.29 is 19.6 Å². The Morgan fingerprint density at radius 1 is 1.29 bits per heavy atom. The molecule has 2 aromatic carbocycles. The highest BCUT2D eigenvalue weighted by atomic mass is 79.9. The van der Waals surface area contributed by atoms with Crippen molar-refractivity contribution >= 4 is 27.6 Å². The predicted molar refractivity (Wildman–Crippen MR) is 79.0 cm³/mol. The molecule has 1 N–H and O–H groups in total. The standard InChI is InChI=1S/C14H10BrNO5/c1-8-12(16(19)20)6-9(14(17)18)7-13(8)21-11-4-2-10(15)3-5-11/h2-7H,1H3,(H,17,18). The van der Waals surface area contributed by atoms with Crippen molar-refractivity contribution in [2.45, 2.75) is 6.92 Å². The highest BCUT2D eigenvalue weighted by Crippen LogP contribution is 2.33. The van der Waals surface area contributed by atoms with Gasteiger partial charge in [0.25, 0.3) is 5.69 Å². The van der Waals surface area contributed by atoms with Crippen LogP contribution in [0.25, 0.3) is 0 Å². The molecule has 0 atom stereocenters. The molecule has 0 aliphatic heterocycles. The van der Waals surface area contributed by atoms with Gasteiger partial charge in [-0.1, -0.05) is 15.9 Å². The van der Waals surface area contributed by atoms with Gasteiger partial charge in [-0.2, -0.15) is 0 Å². The smallest absolute Gasteiger partial charge is 0.336 e. The predicted octanol–water partition coefficient (Wildman–Crippen LogP) is 4.16. The average Bonchev–Trinajstić information content (AvgIpc) is 2.42. The highest BCUT2D eigenvalue weighted by Gasteiger charge is 2.20. The minimum Gasteiger partial charge on any atom is -0.478 e.